The van der Waals surface area contributed by atoms with E-state index in [0.29, 0.717) is 47.4 Å². The quantitative estimate of drug-likeness (QED) is 0.388. The van der Waals surface area contributed by atoms with Gasteiger partial charge in [-0.2, -0.15) is 4.98 Å². The third-order valence-corrected chi connectivity index (χ3v) is 6.60. The van der Waals surface area contributed by atoms with Gasteiger partial charge in [0.05, 0.1) is 7.11 Å². The molecule has 0 bridgehead atoms. The zero-order chi connectivity index (χ0) is 25.8. The summed E-state index contributed by atoms with van der Waals surface area (Å²) in [5.74, 6) is 1.67. The van der Waals surface area contributed by atoms with Crippen molar-refractivity contribution in [2.45, 2.75) is 25.7 Å². The van der Waals surface area contributed by atoms with E-state index < -0.39 is 0 Å². The number of amides is 2. The number of anilines is 1. The number of hydrogen-bond donors (Lipinski definition) is 1. The molecule has 2 amide bonds. The Balaban J connectivity index is 1.19. The fraction of sp³-hybridized carbons (Fsp3) is 0.241. The lowest BCUT2D eigenvalue weighted by Gasteiger charge is -2.30. The molecule has 188 valence electrons. The van der Waals surface area contributed by atoms with Crippen LogP contribution in [0.4, 0.5) is 5.69 Å². The Bertz CT molecular complexity index is 1390. The van der Waals surface area contributed by atoms with E-state index >= 15 is 0 Å². The van der Waals surface area contributed by atoms with E-state index in [1.54, 1.807) is 43.5 Å². The fourth-order valence-corrected chi connectivity index (χ4v) is 4.40. The molecular formula is C29H28N4O4. The number of nitrogens with one attached hydrogen (secondary N) is 1. The van der Waals surface area contributed by atoms with Gasteiger partial charge < -0.3 is 19.5 Å². The van der Waals surface area contributed by atoms with Gasteiger partial charge in [0, 0.05) is 47.5 Å². The molecule has 8 nitrogen and oxygen atoms in total. The molecule has 0 radical (unpaired) electrons. The van der Waals surface area contributed by atoms with Crippen molar-refractivity contribution in [3.8, 4) is 17.1 Å². The highest BCUT2D eigenvalue weighted by molar-refractivity contribution is 6.04. The summed E-state index contributed by atoms with van der Waals surface area (Å²) in [4.78, 5) is 31.9. The normalized spacial score (nSPS) is 13.8. The van der Waals surface area contributed by atoms with Gasteiger partial charge in [-0.1, -0.05) is 41.1 Å². The van der Waals surface area contributed by atoms with Crippen LogP contribution in [0.1, 0.15) is 50.9 Å². The lowest BCUT2D eigenvalue weighted by Crippen LogP contribution is -2.38. The number of carbonyl (C=O) groups excluding carboxylic acids is 2. The summed E-state index contributed by atoms with van der Waals surface area (Å²) in [6, 6.07) is 21.9. The lowest BCUT2D eigenvalue weighted by atomic mass is 9.96. The molecule has 4 aromatic rings. The first-order chi connectivity index (χ1) is 18.0. The van der Waals surface area contributed by atoms with Gasteiger partial charge in [-0.15, -0.1) is 0 Å². The summed E-state index contributed by atoms with van der Waals surface area (Å²) in [6.45, 7) is 3.30. The number of likely N-dealkylation sites (tertiary alicyclic amines) is 1. The molecule has 1 fully saturated rings. The second kappa shape index (κ2) is 10.7. The van der Waals surface area contributed by atoms with Gasteiger partial charge in [0.2, 0.25) is 11.7 Å². The first-order valence-electron chi connectivity index (χ1n) is 12.3. The zero-order valence-corrected chi connectivity index (χ0v) is 20.8. The molecule has 0 unspecified atom stereocenters. The third kappa shape index (κ3) is 5.53. The van der Waals surface area contributed by atoms with E-state index in [9.17, 15) is 9.59 Å². The zero-order valence-electron chi connectivity index (χ0n) is 20.8. The lowest BCUT2D eigenvalue weighted by molar-refractivity contribution is 0.0704. The Morgan fingerprint density at radius 1 is 0.973 bits per heavy atom. The van der Waals surface area contributed by atoms with E-state index in [2.05, 4.69) is 15.5 Å². The number of methoxy groups -OCH3 is 1. The van der Waals surface area contributed by atoms with Crippen LogP contribution in [0.15, 0.2) is 77.3 Å². The summed E-state index contributed by atoms with van der Waals surface area (Å²) in [6.07, 6.45) is 1.53. The van der Waals surface area contributed by atoms with Crippen molar-refractivity contribution < 1.29 is 18.8 Å². The average molecular weight is 497 g/mol. The molecule has 1 aliphatic heterocycles. The summed E-state index contributed by atoms with van der Waals surface area (Å²) < 4.78 is 10.8. The molecule has 1 saturated heterocycles. The molecule has 37 heavy (non-hydrogen) atoms. The van der Waals surface area contributed by atoms with E-state index in [0.717, 1.165) is 24.0 Å². The molecule has 0 aliphatic carbocycles. The third-order valence-electron chi connectivity index (χ3n) is 6.60. The molecule has 2 heterocycles. The number of carbonyl (C=O) groups is 2. The number of nitrogens with zero attached hydrogens (tertiary/aromatic N) is 3. The van der Waals surface area contributed by atoms with Crippen molar-refractivity contribution in [1.29, 1.82) is 0 Å². The van der Waals surface area contributed by atoms with Crippen molar-refractivity contribution in [3.63, 3.8) is 0 Å². The second-order valence-corrected chi connectivity index (χ2v) is 9.15. The highest BCUT2D eigenvalue weighted by Gasteiger charge is 2.28. The van der Waals surface area contributed by atoms with Crippen LogP contribution in [0.3, 0.4) is 0 Å². The summed E-state index contributed by atoms with van der Waals surface area (Å²) in [5.41, 5.74) is 3.78. The molecule has 1 N–H and O–H groups in total. The summed E-state index contributed by atoms with van der Waals surface area (Å²) in [5, 5.41) is 7.02. The maximum absolute atomic E-state index is 12.8. The molecule has 0 spiro atoms. The molecule has 0 saturated carbocycles. The number of benzene rings is 3. The van der Waals surface area contributed by atoms with Crippen LogP contribution in [0.2, 0.25) is 0 Å². The largest absolute Gasteiger partial charge is 0.497 e. The minimum Gasteiger partial charge on any atom is -0.497 e. The maximum Gasteiger partial charge on any atom is 0.255 e. The number of rotatable bonds is 6. The maximum atomic E-state index is 12.8. The SMILES string of the molecule is COc1cccc(NC(=O)c2ccc(-c3noc(C4CCN(C(=O)c5ccc(C)cc5)CC4)n3)cc2)c1. The molecule has 5 rings (SSSR count). The monoisotopic (exact) mass is 496 g/mol. The predicted molar refractivity (Wildman–Crippen MR) is 140 cm³/mol. The topological polar surface area (TPSA) is 97.6 Å². The van der Waals surface area contributed by atoms with Gasteiger partial charge in [0.1, 0.15) is 5.75 Å². The summed E-state index contributed by atoms with van der Waals surface area (Å²) in [7, 11) is 1.58. The number of hydrogen-bond acceptors (Lipinski definition) is 6. The standard InChI is InChI=1S/C29H28N4O4/c1-19-6-8-23(9-7-19)29(35)33-16-14-22(15-17-33)28-31-26(32-37-28)20-10-12-21(13-11-20)27(34)30-24-4-3-5-25(18-24)36-2/h3-13,18,22H,14-17H2,1-2H3,(H,30,34). The van der Waals surface area contributed by atoms with Gasteiger partial charge in [0.25, 0.3) is 11.8 Å². The highest BCUT2D eigenvalue weighted by atomic mass is 16.5. The van der Waals surface area contributed by atoms with Crippen LogP contribution in [-0.2, 0) is 0 Å². The van der Waals surface area contributed by atoms with Crippen LogP contribution in [0, 0.1) is 6.92 Å². The molecular weight excluding hydrogens is 468 g/mol. The van der Waals surface area contributed by atoms with Crippen molar-refractivity contribution in [2.75, 3.05) is 25.5 Å². The van der Waals surface area contributed by atoms with Gasteiger partial charge in [-0.05, 0) is 56.2 Å². The number of ether oxygens (including phenoxy) is 1. The van der Waals surface area contributed by atoms with Crippen LogP contribution < -0.4 is 10.1 Å². The van der Waals surface area contributed by atoms with Gasteiger partial charge in [0.15, 0.2) is 0 Å². The van der Waals surface area contributed by atoms with Crippen molar-refractivity contribution in [3.05, 3.63) is 95.4 Å². The summed E-state index contributed by atoms with van der Waals surface area (Å²) >= 11 is 0. The number of aryl methyl sites for hydroxylation is 1. The first kappa shape index (κ1) is 24.2. The number of piperidine rings is 1. The molecule has 8 heteroatoms. The average Bonchev–Trinajstić information content (AvgIpc) is 3.44. The van der Waals surface area contributed by atoms with E-state index in [1.807, 2.05) is 48.2 Å². The Morgan fingerprint density at radius 2 is 1.68 bits per heavy atom. The molecule has 1 aliphatic rings. The van der Waals surface area contributed by atoms with Crippen LogP contribution >= 0.6 is 0 Å². The molecule has 0 atom stereocenters. The van der Waals surface area contributed by atoms with Crippen LogP contribution in [0.5, 0.6) is 5.75 Å². The van der Waals surface area contributed by atoms with Crippen LogP contribution in [-0.4, -0.2) is 47.1 Å². The molecule has 1 aromatic heterocycles. The van der Waals surface area contributed by atoms with Crippen molar-refractivity contribution in [1.82, 2.24) is 15.0 Å². The van der Waals surface area contributed by atoms with E-state index in [4.69, 9.17) is 9.26 Å². The Kier molecular flexibility index (Phi) is 6.98. The Labute approximate surface area is 215 Å². The first-order valence-corrected chi connectivity index (χ1v) is 12.3. The van der Waals surface area contributed by atoms with Gasteiger partial charge in [-0.25, -0.2) is 0 Å². The van der Waals surface area contributed by atoms with Crippen molar-refractivity contribution >= 4 is 17.5 Å². The van der Waals surface area contributed by atoms with Crippen LogP contribution in [0.25, 0.3) is 11.4 Å². The van der Waals surface area contributed by atoms with E-state index in [-0.39, 0.29) is 17.7 Å². The van der Waals surface area contributed by atoms with E-state index in [1.165, 1.54) is 0 Å². The molecule has 3 aromatic carbocycles. The minimum absolute atomic E-state index is 0.0557. The Morgan fingerprint density at radius 3 is 2.38 bits per heavy atom. The predicted octanol–water partition coefficient (Wildman–Crippen LogP) is 5.33. The van der Waals surface area contributed by atoms with Gasteiger partial charge in [-0.3, -0.25) is 9.59 Å². The number of aromatic nitrogens is 2. The van der Waals surface area contributed by atoms with Gasteiger partial charge >= 0.3 is 0 Å². The fourth-order valence-electron chi connectivity index (χ4n) is 4.40. The minimum atomic E-state index is -0.222. The highest BCUT2D eigenvalue weighted by Crippen LogP contribution is 2.29. The Hall–Kier alpha value is -4.46. The van der Waals surface area contributed by atoms with Crippen molar-refractivity contribution in [2.24, 2.45) is 0 Å². The second-order valence-electron chi connectivity index (χ2n) is 9.15. The smallest absolute Gasteiger partial charge is 0.255 e.